The summed E-state index contributed by atoms with van der Waals surface area (Å²) in [5.41, 5.74) is 4.54. The van der Waals surface area contributed by atoms with Crippen molar-refractivity contribution in [1.82, 2.24) is 9.55 Å². The molecule has 2 heterocycles. The van der Waals surface area contributed by atoms with Crippen molar-refractivity contribution in [3.05, 3.63) is 33.1 Å². The predicted octanol–water partition coefficient (Wildman–Crippen LogP) is 1.34. The van der Waals surface area contributed by atoms with Crippen molar-refractivity contribution < 1.29 is 42.1 Å². The van der Waals surface area contributed by atoms with Crippen molar-refractivity contribution in [3.8, 4) is 0 Å². The van der Waals surface area contributed by atoms with Gasteiger partial charge < -0.3 is 29.2 Å². The normalized spacial score (nSPS) is 23.1. The first-order valence-electron chi connectivity index (χ1n) is 11.7. The fraction of sp³-hybridized carbons (Fsp3) is 0.714. The molecule has 210 valence electrons. The molecule has 0 aliphatic carbocycles. The lowest BCUT2D eigenvalue weighted by Gasteiger charge is -2.22. The number of rotatable bonds is 13. The minimum Gasteiger partial charge on any atom is -0.438 e. The Morgan fingerprint density at radius 2 is 1.92 bits per heavy atom. The highest BCUT2D eigenvalue weighted by Gasteiger charge is 2.42. The van der Waals surface area contributed by atoms with Crippen molar-refractivity contribution in [1.29, 1.82) is 0 Å². The van der Waals surface area contributed by atoms with E-state index in [2.05, 4.69) is 14.2 Å². The lowest BCUT2D eigenvalue weighted by atomic mass is 10.1. The van der Waals surface area contributed by atoms with Gasteiger partial charge in [-0.2, -0.15) is 0 Å². The number of hydrogen-bond acceptors (Lipinski definition) is 12. The SMILES string of the molecule is CC(C)CC(=O)OCOP(=O)(CCOC(=O)OC(C)C)OC[C@H]1O[C@@H](n2ccc(=O)[nH]c2=O)[C@H](P)[C@@H]1N. The minimum absolute atomic E-state index is 0.0553. The zero-order valence-electron chi connectivity index (χ0n) is 21.2. The van der Waals surface area contributed by atoms with Crippen molar-refractivity contribution in [2.45, 2.75) is 64.3 Å². The van der Waals surface area contributed by atoms with Crippen LogP contribution in [-0.4, -0.2) is 71.8 Å². The van der Waals surface area contributed by atoms with Crippen LogP contribution in [-0.2, 0) is 37.4 Å². The highest BCUT2D eigenvalue weighted by atomic mass is 31.2. The minimum atomic E-state index is -3.98. The molecule has 0 aromatic carbocycles. The summed E-state index contributed by atoms with van der Waals surface area (Å²) < 4.78 is 45.9. The van der Waals surface area contributed by atoms with Gasteiger partial charge in [0, 0.05) is 30.4 Å². The van der Waals surface area contributed by atoms with Crippen LogP contribution in [0.25, 0.3) is 0 Å². The van der Waals surface area contributed by atoms with E-state index in [0.717, 1.165) is 0 Å². The molecule has 1 fully saturated rings. The highest BCUT2D eigenvalue weighted by Crippen LogP contribution is 2.49. The predicted molar refractivity (Wildman–Crippen MR) is 134 cm³/mol. The molecule has 0 spiro atoms. The maximum absolute atomic E-state index is 13.3. The molecule has 0 radical (unpaired) electrons. The van der Waals surface area contributed by atoms with Crippen LogP contribution in [0.5, 0.6) is 0 Å². The first-order valence-corrected chi connectivity index (χ1v) is 14.1. The molecular formula is C21H35N3O11P2. The summed E-state index contributed by atoms with van der Waals surface area (Å²) in [7, 11) is -1.49. The molecule has 1 aromatic heterocycles. The van der Waals surface area contributed by atoms with Gasteiger partial charge in [0.15, 0.2) is 0 Å². The van der Waals surface area contributed by atoms with Crippen molar-refractivity contribution >= 4 is 29.0 Å². The molecule has 0 bridgehead atoms. The summed E-state index contributed by atoms with van der Waals surface area (Å²) in [5.74, 6) is -0.487. The number of ether oxygens (including phenoxy) is 4. The highest BCUT2D eigenvalue weighted by molar-refractivity contribution is 7.53. The van der Waals surface area contributed by atoms with Crippen LogP contribution in [0.3, 0.4) is 0 Å². The number of esters is 1. The van der Waals surface area contributed by atoms with E-state index in [-0.39, 0.29) is 31.7 Å². The molecular weight excluding hydrogens is 532 g/mol. The van der Waals surface area contributed by atoms with E-state index in [9.17, 15) is 23.7 Å². The van der Waals surface area contributed by atoms with Crippen molar-refractivity contribution in [3.63, 3.8) is 0 Å². The van der Waals surface area contributed by atoms with Crippen LogP contribution in [0, 0.1) is 5.92 Å². The fourth-order valence-electron chi connectivity index (χ4n) is 3.21. The summed E-state index contributed by atoms with van der Waals surface area (Å²) in [4.78, 5) is 49.1. The monoisotopic (exact) mass is 567 g/mol. The lowest BCUT2D eigenvalue weighted by molar-refractivity contribution is -0.151. The van der Waals surface area contributed by atoms with E-state index in [1.807, 2.05) is 13.8 Å². The number of carbonyl (C=O) groups excluding carboxylic acids is 2. The zero-order valence-corrected chi connectivity index (χ0v) is 23.2. The molecule has 6 atom stereocenters. The number of H-pyrrole nitrogens is 1. The molecule has 1 aliphatic rings. The Hall–Kier alpha value is -2.08. The quantitative estimate of drug-likeness (QED) is 0.198. The van der Waals surface area contributed by atoms with Crippen LogP contribution in [0.4, 0.5) is 4.79 Å². The van der Waals surface area contributed by atoms with Gasteiger partial charge in [0.25, 0.3) is 5.56 Å². The van der Waals surface area contributed by atoms with Gasteiger partial charge in [0.05, 0.1) is 25.0 Å². The third kappa shape index (κ3) is 9.96. The third-order valence-electron chi connectivity index (χ3n) is 5.04. The Balaban J connectivity index is 2.04. The van der Waals surface area contributed by atoms with Crippen LogP contribution in [0.15, 0.2) is 21.9 Å². The molecule has 2 unspecified atom stereocenters. The molecule has 1 saturated heterocycles. The van der Waals surface area contributed by atoms with Gasteiger partial charge in [-0.3, -0.25) is 28.2 Å². The van der Waals surface area contributed by atoms with E-state index in [1.165, 1.54) is 16.8 Å². The number of nitrogens with zero attached hydrogens (tertiary/aromatic N) is 1. The molecule has 14 nitrogen and oxygen atoms in total. The van der Waals surface area contributed by atoms with Gasteiger partial charge in [0.2, 0.25) is 6.79 Å². The van der Waals surface area contributed by atoms with Crippen LogP contribution < -0.4 is 17.0 Å². The molecule has 3 N–H and O–H groups in total. The van der Waals surface area contributed by atoms with E-state index in [0.29, 0.717) is 0 Å². The maximum atomic E-state index is 13.3. The second-order valence-corrected chi connectivity index (χ2v) is 11.9. The van der Waals surface area contributed by atoms with Gasteiger partial charge in [-0.1, -0.05) is 13.8 Å². The Morgan fingerprint density at radius 3 is 2.54 bits per heavy atom. The Morgan fingerprint density at radius 1 is 1.22 bits per heavy atom. The summed E-state index contributed by atoms with van der Waals surface area (Å²) in [6, 6.07) is 0.508. The summed E-state index contributed by atoms with van der Waals surface area (Å²) >= 11 is 0. The lowest BCUT2D eigenvalue weighted by Crippen LogP contribution is -2.40. The van der Waals surface area contributed by atoms with Gasteiger partial charge in [-0.05, 0) is 19.8 Å². The standard InChI is InChI=1S/C21H35N3O11P2/c1-12(2)9-16(26)31-11-33-37(29,8-7-30-21(28)34-13(3)4)32-10-14-17(22)18(36)19(35-14)24-6-5-15(25)23-20(24)27/h5-6,12-14,17-19H,7-11,22,36H2,1-4H3,(H,23,25,27)/t14-,17-,18-,19-,37?/m1/s1. The molecule has 2 rings (SSSR count). The Labute approximate surface area is 216 Å². The van der Waals surface area contributed by atoms with E-state index < -0.39 is 67.9 Å². The maximum Gasteiger partial charge on any atom is 0.508 e. The van der Waals surface area contributed by atoms with Crippen molar-refractivity contribution in [2.24, 2.45) is 11.7 Å². The van der Waals surface area contributed by atoms with Gasteiger partial charge in [0.1, 0.15) is 12.8 Å². The molecule has 0 saturated carbocycles. The number of aromatic nitrogens is 2. The van der Waals surface area contributed by atoms with E-state index in [4.69, 9.17) is 33.7 Å². The number of carbonyl (C=O) groups is 2. The number of aromatic amines is 1. The number of nitrogens with one attached hydrogen (secondary N) is 1. The third-order valence-corrected chi connectivity index (χ3v) is 7.58. The average molecular weight is 567 g/mol. The summed E-state index contributed by atoms with van der Waals surface area (Å²) in [6.45, 7) is 5.64. The average Bonchev–Trinajstić information content (AvgIpc) is 3.05. The van der Waals surface area contributed by atoms with Gasteiger partial charge >= 0.3 is 25.4 Å². The van der Waals surface area contributed by atoms with Crippen LogP contribution in [0.1, 0.15) is 40.3 Å². The zero-order chi connectivity index (χ0) is 27.8. The Kier molecular flexibility index (Phi) is 11.9. The summed E-state index contributed by atoms with van der Waals surface area (Å²) in [6.07, 6.45) is -1.96. The first-order chi connectivity index (χ1) is 17.3. The van der Waals surface area contributed by atoms with Gasteiger partial charge in [-0.25, -0.2) is 9.59 Å². The fourth-order valence-corrected chi connectivity index (χ4v) is 4.97. The van der Waals surface area contributed by atoms with E-state index in [1.54, 1.807) is 13.8 Å². The largest absolute Gasteiger partial charge is 0.508 e. The first kappa shape index (κ1) is 31.1. The molecule has 1 aromatic rings. The van der Waals surface area contributed by atoms with Crippen LogP contribution >= 0.6 is 16.8 Å². The smallest absolute Gasteiger partial charge is 0.438 e. The second-order valence-electron chi connectivity index (χ2n) is 8.99. The molecule has 1 aliphatic heterocycles. The number of hydrogen-bond donors (Lipinski definition) is 2. The van der Waals surface area contributed by atoms with Crippen molar-refractivity contribution in [2.75, 3.05) is 26.2 Å². The topological polar surface area (TPSA) is 187 Å². The van der Waals surface area contributed by atoms with E-state index >= 15 is 0 Å². The molecule has 37 heavy (non-hydrogen) atoms. The molecule has 16 heteroatoms. The summed E-state index contributed by atoms with van der Waals surface area (Å²) in [5, 5.41) is 0. The van der Waals surface area contributed by atoms with Gasteiger partial charge in [-0.15, -0.1) is 9.24 Å². The Bertz CT molecular complexity index is 1040. The molecule has 0 amide bonds. The second kappa shape index (κ2) is 14.2. The number of nitrogens with two attached hydrogens (primary N) is 1. The van der Waals surface area contributed by atoms with Crippen LogP contribution in [0.2, 0.25) is 0 Å².